The lowest BCUT2D eigenvalue weighted by molar-refractivity contribution is -0.152. The molecule has 0 aliphatic heterocycles. The van der Waals surface area contributed by atoms with Crippen molar-refractivity contribution in [1.29, 1.82) is 0 Å². The normalized spacial score (nSPS) is 12.2. The number of nitrogens with one attached hydrogen (secondary N) is 1. The summed E-state index contributed by atoms with van der Waals surface area (Å²) in [6.45, 7) is 0.0769. The number of esters is 1. The van der Waals surface area contributed by atoms with Gasteiger partial charge in [-0.1, -0.05) is 91.0 Å². The Balaban J connectivity index is 1.76. The number of likely N-dealkylation sites (N-methyl/N-ethyl adjacent to an activating group) is 1. The van der Waals surface area contributed by atoms with Crippen molar-refractivity contribution < 1.29 is 23.9 Å². The highest BCUT2D eigenvalue weighted by molar-refractivity contribution is 5.90. The van der Waals surface area contributed by atoms with Crippen LogP contribution in [0.5, 0.6) is 0 Å². The van der Waals surface area contributed by atoms with Crippen LogP contribution in [0.3, 0.4) is 0 Å². The van der Waals surface area contributed by atoms with E-state index in [2.05, 4.69) is 5.32 Å². The molecule has 0 aliphatic carbocycles. The molecule has 2 atom stereocenters. The third kappa shape index (κ3) is 7.71. The Bertz CT molecular complexity index is 1090. The molecule has 7 nitrogen and oxygen atoms in total. The van der Waals surface area contributed by atoms with Crippen molar-refractivity contribution >= 4 is 18.0 Å². The highest BCUT2D eigenvalue weighted by Crippen LogP contribution is 2.13. The second kappa shape index (κ2) is 12.9. The van der Waals surface area contributed by atoms with Crippen molar-refractivity contribution in [3.8, 4) is 0 Å². The van der Waals surface area contributed by atoms with E-state index < -0.39 is 30.1 Å². The maximum Gasteiger partial charge on any atom is 0.408 e. The van der Waals surface area contributed by atoms with Gasteiger partial charge in [-0.05, 0) is 16.7 Å². The number of hydrogen-bond donors (Lipinski definition) is 1. The summed E-state index contributed by atoms with van der Waals surface area (Å²) in [5, 5.41) is 2.69. The average Bonchev–Trinajstić information content (AvgIpc) is 2.90. The average molecular weight is 475 g/mol. The van der Waals surface area contributed by atoms with Gasteiger partial charge < -0.3 is 19.7 Å². The van der Waals surface area contributed by atoms with Gasteiger partial charge in [0, 0.05) is 19.9 Å². The Labute approximate surface area is 205 Å². The Hall–Kier alpha value is -4.13. The van der Waals surface area contributed by atoms with Crippen molar-refractivity contribution in [2.24, 2.45) is 0 Å². The molecule has 2 amide bonds. The summed E-state index contributed by atoms with van der Waals surface area (Å²) in [6, 6.07) is 26.2. The van der Waals surface area contributed by atoms with Crippen LogP contribution in [0.2, 0.25) is 0 Å². The number of rotatable bonds is 10. The van der Waals surface area contributed by atoms with Crippen molar-refractivity contribution in [3.05, 3.63) is 108 Å². The van der Waals surface area contributed by atoms with Crippen molar-refractivity contribution in [2.45, 2.75) is 31.5 Å². The Kier molecular flexibility index (Phi) is 9.42. The molecule has 3 aromatic carbocycles. The molecule has 3 rings (SSSR count). The highest BCUT2D eigenvalue weighted by atomic mass is 16.5. The van der Waals surface area contributed by atoms with Gasteiger partial charge in [0.05, 0.1) is 7.11 Å². The lowest BCUT2D eigenvalue weighted by Gasteiger charge is -2.30. The number of methoxy groups -OCH3 is 1. The van der Waals surface area contributed by atoms with Crippen LogP contribution >= 0.6 is 0 Å². The van der Waals surface area contributed by atoms with Gasteiger partial charge in [-0.25, -0.2) is 9.59 Å². The van der Waals surface area contributed by atoms with E-state index in [0.717, 1.165) is 16.7 Å². The maximum absolute atomic E-state index is 13.6. The number of ether oxygens (including phenoxy) is 2. The molecular weight excluding hydrogens is 444 g/mol. The summed E-state index contributed by atoms with van der Waals surface area (Å²) in [7, 11) is 2.83. The number of hydrogen-bond acceptors (Lipinski definition) is 5. The standard InChI is InChI=1S/C28H30N2O5/c1-30(25(27(32)34-2)19-22-14-8-4-9-15-22)26(31)24(18-21-12-6-3-7-13-21)29-28(33)35-20-23-16-10-5-11-17-23/h3-17,24-25H,18-20H2,1-2H3,(H,29,33)/t24-,25-/m0/s1. The molecule has 0 aromatic heterocycles. The molecule has 0 radical (unpaired) electrons. The maximum atomic E-state index is 13.6. The molecule has 0 aliphatic rings. The summed E-state index contributed by atoms with van der Waals surface area (Å²) in [5.74, 6) is -0.952. The van der Waals surface area contributed by atoms with Crippen molar-refractivity contribution in [3.63, 3.8) is 0 Å². The summed E-state index contributed by atoms with van der Waals surface area (Å²) in [6.07, 6.45) is -0.190. The van der Waals surface area contributed by atoms with Gasteiger partial charge >= 0.3 is 12.1 Å². The fourth-order valence-corrected chi connectivity index (χ4v) is 3.71. The predicted octanol–water partition coefficient (Wildman–Crippen LogP) is 3.77. The zero-order valence-electron chi connectivity index (χ0n) is 19.9. The predicted molar refractivity (Wildman–Crippen MR) is 132 cm³/mol. The van der Waals surface area contributed by atoms with Gasteiger partial charge in [0.2, 0.25) is 5.91 Å². The monoisotopic (exact) mass is 474 g/mol. The number of alkyl carbamates (subject to hydrolysis) is 1. The molecule has 35 heavy (non-hydrogen) atoms. The third-order valence-corrected chi connectivity index (χ3v) is 5.65. The second-order valence-electron chi connectivity index (χ2n) is 8.13. The Morgan fingerprint density at radius 2 is 1.26 bits per heavy atom. The van der Waals surface area contributed by atoms with Gasteiger partial charge in [-0.3, -0.25) is 4.79 Å². The first-order valence-electron chi connectivity index (χ1n) is 11.4. The second-order valence-corrected chi connectivity index (χ2v) is 8.13. The minimum Gasteiger partial charge on any atom is -0.467 e. The first-order valence-corrected chi connectivity index (χ1v) is 11.4. The quantitative estimate of drug-likeness (QED) is 0.452. The van der Waals surface area contributed by atoms with Gasteiger partial charge in [-0.15, -0.1) is 0 Å². The van der Waals surface area contributed by atoms with Crippen LogP contribution < -0.4 is 5.32 Å². The molecule has 0 spiro atoms. The fourth-order valence-electron chi connectivity index (χ4n) is 3.71. The van der Waals surface area contributed by atoms with E-state index in [4.69, 9.17) is 9.47 Å². The highest BCUT2D eigenvalue weighted by Gasteiger charge is 2.33. The molecule has 0 heterocycles. The third-order valence-electron chi connectivity index (χ3n) is 5.65. The van der Waals surface area contributed by atoms with Crippen LogP contribution in [0, 0.1) is 0 Å². The van der Waals surface area contributed by atoms with Crippen LogP contribution in [0.4, 0.5) is 4.79 Å². The zero-order valence-corrected chi connectivity index (χ0v) is 19.9. The molecule has 1 N–H and O–H groups in total. The lowest BCUT2D eigenvalue weighted by atomic mass is 10.0. The Morgan fingerprint density at radius 1 is 0.771 bits per heavy atom. The summed E-state index contributed by atoms with van der Waals surface area (Å²) in [4.78, 5) is 40.1. The van der Waals surface area contributed by atoms with Gasteiger partial charge in [0.15, 0.2) is 0 Å². The Morgan fingerprint density at radius 3 is 1.77 bits per heavy atom. The first kappa shape index (κ1) is 25.5. The van der Waals surface area contributed by atoms with Crippen LogP contribution in [0.25, 0.3) is 0 Å². The van der Waals surface area contributed by atoms with E-state index in [1.807, 2.05) is 91.0 Å². The largest absolute Gasteiger partial charge is 0.467 e. The van der Waals surface area contributed by atoms with E-state index in [1.54, 1.807) is 7.05 Å². The van der Waals surface area contributed by atoms with E-state index in [1.165, 1.54) is 12.0 Å². The van der Waals surface area contributed by atoms with Gasteiger partial charge in [-0.2, -0.15) is 0 Å². The minimum atomic E-state index is -0.936. The number of amides is 2. The molecule has 0 unspecified atom stereocenters. The number of carbonyl (C=O) groups excluding carboxylic acids is 3. The molecule has 0 saturated heterocycles. The molecular formula is C28H30N2O5. The molecule has 3 aromatic rings. The summed E-state index contributed by atoms with van der Waals surface area (Å²) in [5.41, 5.74) is 2.58. The van der Waals surface area contributed by atoms with E-state index in [-0.39, 0.29) is 19.4 Å². The molecule has 0 saturated carbocycles. The SMILES string of the molecule is COC(=O)[C@H](Cc1ccccc1)N(C)C(=O)[C@H](Cc1ccccc1)NC(=O)OCc1ccccc1. The van der Waals surface area contributed by atoms with Crippen molar-refractivity contribution in [1.82, 2.24) is 10.2 Å². The lowest BCUT2D eigenvalue weighted by Crippen LogP contribution is -2.54. The summed E-state index contributed by atoms with van der Waals surface area (Å²) < 4.78 is 10.3. The van der Waals surface area contributed by atoms with E-state index in [9.17, 15) is 14.4 Å². The fraction of sp³-hybridized carbons (Fsp3) is 0.250. The number of nitrogens with zero attached hydrogens (tertiary/aromatic N) is 1. The van der Waals surface area contributed by atoms with Gasteiger partial charge in [0.25, 0.3) is 0 Å². The van der Waals surface area contributed by atoms with E-state index in [0.29, 0.717) is 0 Å². The first-order chi connectivity index (χ1) is 17.0. The van der Waals surface area contributed by atoms with Crippen molar-refractivity contribution in [2.75, 3.05) is 14.2 Å². The molecule has 0 fully saturated rings. The smallest absolute Gasteiger partial charge is 0.408 e. The number of carbonyl (C=O) groups is 3. The van der Waals surface area contributed by atoms with E-state index >= 15 is 0 Å². The zero-order chi connectivity index (χ0) is 25.0. The number of benzene rings is 3. The van der Waals surface area contributed by atoms with Gasteiger partial charge in [0.1, 0.15) is 18.7 Å². The molecule has 0 bridgehead atoms. The van der Waals surface area contributed by atoms with Crippen LogP contribution in [0.15, 0.2) is 91.0 Å². The minimum absolute atomic E-state index is 0.0769. The van der Waals surface area contributed by atoms with Crippen LogP contribution in [0.1, 0.15) is 16.7 Å². The topological polar surface area (TPSA) is 84.9 Å². The molecule has 7 heteroatoms. The van der Waals surface area contributed by atoms with Crippen LogP contribution in [-0.2, 0) is 38.5 Å². The molecule has 182 valence electrons. The van der Waals surface area contributed by atoms with Crippen LogP contribution in [-0.4, -0.2) is 49.1 Å². The summed E-state index contributed by atoms with van der Waals surface area (Å²) >= 11 is 0.